The molecule has 1 N–H and O–H groups in total. The van der Waals surface area contributed by atoms with Gasteiger partial charge in [-0.3, -0.25) is 9.48 Å². The van der Waals surface area contributed by atoms with Gasteiger partial charge in [0.1, 0.15) is 4.83 Å². The number of nitrogens with zero attached hydrogens (tertiary/aromatic N) is 3. The predicted molar refractivity (Wildman–Crippen MR) is 62.2 cm³/mol. The van der Waals surface area contributed by atoms with Crippen LogP contribution in [0.5, 0.6) is 0 Å². The van der Waals surface area contributed by atoms with E-state index in [9.17, 15) is 4.79 Å². The Labute approximate surface area is 102 Å². The third-order valence-corrected chi connectivity index (χ3v) is 2.69. The number of halogens is 1. The summed E-state index contributed by atoms with van der Waals surface area (Å²) in [4.78, 5) is 10.7. The Morgan fingerprint density at radius 1 is 1.69 bits per heavy atom. The fourth-order valence-electron chi connectivity index (χ4n) is 1.16. The van der Waals surface area contributed by atoms with Crippen molar-refractivity contribution in [3.8, 4) is 0 Å². The quantitative estimate of drug-likeness (QED) is 0.441. The van der Waals surface area contributed by atoms with Crippen LogP contribution < -0.4 is 5.32 Å². The van der Waals surface area contributed by atoms with Crippen molar-refractivity contribution in [2.45, 2.75) is 17.8 Å². The second-order valence-corrected chi connectivity index (χ2v) is 4.32. The Hall–Kier alpha value is -0.950. The summed E-state index contributed by atoms with van der Waals surface area (Å²) >= 11 is 3.23. The molecule has 0 aliphatic rings. The first-order valence-corrected chi connectivity index (χ1v) is 5.92. The molecule has 0 saturated heterocycles. The van der Waals surface area contributed by atoms with Crippen LogP contribution in [-0.4, -0.2) is 46.0 Å². The minimum absolute atomic E-state index is 0.260. The van der Waals surface area contributed by atoms with Gasteiger partial charge in [0, 0.05) is 19.3 Å². The molecule has 1 aromatic heterocycles. The molecule has 0 bridgehead atoms. The fraction of sp³-hybridized carbons (Fsp3) is 0.667. The van der Waals surface area contributed by atoms with Crippen LogP contribution in [0, 0.1) is 0 Å². The van der Waals surface area contributed by atoms with E-state index in [0.717, 1.165) is 19.5 Å². The van der Waals surface area contributed by atoms with Gasteiger partial charge in [-0.25, -0.2) is 0 Å². The first-order valence-electron chi connectivity index (χ1n) is 5.00. The van der Waals surface area contributed by atoms with E-state index in [2.05, 4.69) is 36.3 Å². The van der Waals surface area contributed by atoms with Gasteiger partial charge in [-0.15, -0.1) is 5.10 Å². The van der Waals surface area contributed by atoms with E-state index in [-0.39, 0.29) is 10.8 Å². The van der Waals surface area contributed by atoms with Gasteiger partial charge in [-0.05, 0) is 13.0 Å². The molecule has 1 atom stereocenters. The van der Waals surface area contributed by atoms with Crippen molar-refractivity contribution in [3.63, 3.8) is 0 Å². The summed E-state index contributed by atoms with van der Waals surface area (Å²) in [6, 6.07) is 0. The number of hydrogen-bond donors (Lipinski definition) is 1. The zero-order valence-corrected chi connectivity index (χ0v) is 10.7. The highest BCUT2D eigenvalue weighted by atomic mass is 79.9. The summed E-state index contributed by atoms with van der Waals surface area (Å²) in [6.07, 6.45) is 4.41. The normalized spacial score (nSPS) is 12.4. The molecule has 0 saturated carbocycles. The third-order valence-electron chi connectivity index (χ3n) is 1.99. The van der Waals surface area contributed by atoms with E-state index >= 15 is 0 Å². The van der Waals surface area contributed by atoms with Gasteiger partial charge in [-0.1, -0.05) is 21.1 Å². The third kappa shape index (κ3) is 4.71. The average molecular weight is 291 g/mol. The zero-order chi connectivity index (χ0) is 11.8. The highest BCUT2D eigenvalue weighted by Crippen LogP contribution is 1.99. The van der Waals surface area contributed by atoms with E-state index < -0.39 is 0 Å². The number of hydrogen-bond acceptors (Lipinski definition) is 5. The van der Waals surface area contributed by atoms with Crippen LogP contribution in [0.2, 0.25) is 0 Å². The van der Waals surface area contributed by atoms with Crippen LogP contribution in [0.1, 0.15) is 6.42 Å². The van der Waals surface area contributed by atoms with Gasteiger partial charge in [0.15, 0.2) is 0 Å². The van der Waals surface area contributed by atoms with E-state index in [0.29, 0.717) is 6.54 Å². The van der Waals surface area contributed by atoms with Crippen molar-refractivity contribution in [1.82, 2.24) is 20.3 Å². The molecule has 6 nitrogen and oxygen atoms in total. The Balaban J connectivity index is 2.02. The van der Waals surface area contributed by atoms with Crippen LogP contribution in [0.15, 0.2) is 12.4 Å². The molecule has 0 spiro atoms. The second-order valence-electron chi connectivity index (χ2n) is 3.21. The van der Waals surface area contributed by atoms with Crippen LogP contribution in [0.3, 0.4) is 0 Å². The SMILES string of the molecule is COC(=O)C(Br)CNCCCn1ccnn1. The number of carbonyl (C=O) groups excluding carboxylic acids is 1. The largest absolute Gasteiger partial charge is 0.468 e. The molecule has 7 heteroatoms. The zero-order valence-electron chi connectivity index (χ0n) is 9.10. The lowest BCUT2D eigenvalue weighted by Crippen LogP contribution is -2.30. The van der Waals surface area contributed by atoms with Crippen molar-refractivity contribution in [3.05, 3.63) is 12.4 Å². The summed E-state index contributed by atoms with van der Waals surface area (Å²) in [5.41, 5.74) is 0. The number of ether oxygens (including phenoxy) is 1. The Kier molecular flexibility index (Phi) is 6.02. The molecule has 0 aliphatic heterocycles. The lowest BCUT2D eigenvalue weighted by Gasteiger charge is -2.08. The molecule has 1 rings (SSSR count). The maximum atomic E-state index is 11.0. The van der Waals surface area contributed by atoms with Gasteiger partial charge >= 0.3 is 5.97 Å². The lowest BCUT2D eigenvalue weighted by molar-refractivity contribution is -0.139. The molecular formula is C9H15BrN4O2. The average Bonchev–Trinajstić information content (AvgIpc) is 2.80. The summed E-state index contributed by atoms with van der Waals surface area (Å²) in [5.74, 6) is -0.260. The molecule has 0 aromatic carbocycles. The minimum atomic E-state index is -0.288. The number of alkyl halides is 1. The predicted octanol–water partition coefficient (Wildman–Crippen LogP) is 0.194. The summed E-state index contributed by atoms with van der Waals surface area (Å²) in [5, 5.41) is 10.7. The molecule has 90 valence electrons. The summed E-state index contributed by atoms with van der Waals surface area (Å²) in [6.45, 7) is 2.20. The van der Waals surface area contributed by atoms with E-state index in [1.807, 2.05) is 6.20 Å². The topological polar surface area (TPSA) is 69.0 Å². The fourth-order valence-corrected chi connectivity index (χ4v) is 1.57. The Morgan fingerprint density at radius 3 is 3.12 bits per heavy atom. The molecule has 0 aliphatic carbocycles. The van der Waals surface area contributed by atoms with Crippen molar-refractivity contribution in [2.75, 3.05) is 20.2 Å². The molecule has 1 heterocycles. The van der Waals surface area contributed by atoms with Gasteiger partial charge < -0.3 is 10.1 Å². The first kappa shape index (κ1) is 13.1. The first-order chi connectivity index (χ1) is 7.74. The van der Waals surface area contributed by atoms with Crippen molar-refractivity contribution in [1.29, 1.82) is 0 Å². The van der Waals surface area contributed by atoms with Crippen LogP contribution in [0.25, 0.3) is 0 Å². The maximum absolute atomic E-state index is 11.0. The van der Waals surface area contributed by atoms with Crippen molar-refractivity contribution >= 4 is 21.9 Å². The monoisotopic (exact) mass is 290 g/mol. The number of methoxy groups -OCH3 is 1. The summed E-state index contributed by atoms with van der Waals surface area (Å²) < 4.78 is 6.35. The molecule has 0 radical (unpaired) electrons. The lowest BCUT2D eigenvalue weighted by atomic mass is 10.4. The highest BCUT2D eigenvalue weighted by Gasteiger charge is 2.13. The number of rotatable bonds is 7. The van der Waals surface area contributed by atoms with Crippen LogP contribution in [-0.2, 0) is 16.1 Å². The molecular weight excluding hydrogens is 276 g/mol. The Morgan fingerprint density at radius 2 is 2.50 bits per heavy atom. The van der Waals surface area contributed by atoms with Gasteiger partial charge in [0.2, 0.25) is 0 Å². The maximum Gasteiger partial charge on any atom is 0.320 e. The summed E-state index contributed by atoms with van der Waals surface area (Å²) in [7, 11) is 1.38. The minimum Gasteiger partial charge on any atom is -0.468 e. The number of carbonyl (C=O) groups is 1. The molecule has 0 amide bonds. The smallest absolute Gasteiger partial charge is 0.320 e. The second kappa shape index (κ2) is 7.34. The van der Waals surface area contributed by atoms with Crippen molar-refractivity contribution in [2.24, 2.45) is 0 Å². The number of aromatic nitrogens is 3. The highest BCUT2D eigenvalue weighted by molar-refractivity contribution is 9.10. The number of aryl methyl sites for hydroxylation is 1. The van der Waals surface area contributed by atoms with Gasteiger partial charge in [0.25, 0.3) is 0 Å². The molecule has 0 fully saturated rings. The number of esters is 1. The van der Waals surface area contributed by atoms with Crippen LogP contribution >= 0.6 is 15.9 Å². The van der Waals surface area contributed by atoms with E-state index in [1.54, 1.807) is 10.9 Å². The van der Waals surface area contributed by atoms with Gasteiger partial charge in [-0.2, -0.15) is 0 Å². The standard InChI is InChI=1S/C9H15BrN4O2/c1-16-9(15)8(10)7-11-3-2-5-14-6-4-12-13-14/h4,6,8,11H,2-3,5,7H2,1H3. The molecule has 1 aromatic rings. The Bertz CT molecular complexity index is 304. The van der Waals surface area contributed by atoms with E-state index in [4.69, 9.17) is 0 Å². The van der Waals surface area contributed by atoms with Crippen molar-refractivity contribution < 1.29 is 9.53 Å². The van der Waals surface area contributed by atoms with Crippen LogP contribution in [0.4, 0.5) is 0 Å². The van der Waals surface area contributed by atoms with Gasteiger partial charge in [0.05, 0.1) is 13.3 Å². The van der Waals surface area contributed by atoms with E-state index in [1.165, 1.54) is 7.11 Å². The molecule has 1 unspecified atom stereocenters. The number of nitrogens with one attached hydrogen (secondary N) is 1. The molecule has 16 heavy (non-hydrogen) atoms.